The molecule has 1 saturated heterocycles. The lowest BCUT2D eigenvalue weighted by atomic mass is 10.2. The molecule has 1 aromatic carbocycles. The molecule has 0 bridgehead atoms. The van der Waals surface area contributed by atoms with Crippen molar-refractivity contribution in [1.29, 1.82) is 0 Å². The van der Waals surface area contributed by atoms with Gasteiger partial charge in [0.25, 0.3) is 0 Å². The number of carbonyl (C=O) groups is 1. The summed E-state index contributed by atoms with van der Waals surface area (Å²) in [5.41, 5.74) is 0.920. The van der Waals surface area contributed by atoms with Crippen molar-refractivity contribution in [3.63, 3.8) is 0 Å². The molecule has 3 heterocycles. The van der Waals surface area contributed by atoms with Gasteiger partial charge in [-0.15, -0.1) is 21.5 Å². The minimum atomic E-state index is 0.138. The van der Waals surface area contributed by atoms with Gasteiger partial charge in [-0.25, -0.2) is 0 Å². The van der Waals surface area contributed by atoms with Crippen molar-refractivity contribution in [2.45, 2.75) is 25.2 Å². The van der Waals surface area contributed by atoms with E-state index >= 15 is 0 Å². The minimum absolute atomic E-state index is 0.138. The molecule has 0 unspecified atom stereocenters. The van der Waals surface area contributed by atoms with Crippen LogP contribution in [-0.2, 0) is 17.9 Å². The van der Waals surface area contributed by atoms with Crippen LogP contribution in [0.4, 0.5) is 0 Å². The van der Waals surface area contributed by atoms with E-state index in [1.54, 1.807) is 11.3 Å². The van der Waals surface area contributed by atoms with Gasteiger partial charge in [0, 0.05) is 54.7 Å². The van der Waals surface area contributed by atoms with Gasteiger partial charge >= 0.3 is 0 Å². The number of aromatic nitrogens is 3. The fourth-order valence-corrected chi connectivity index (χ4v) is 5.78. The number of hydrogen-bond acceptors (Lipinski definition) is 6. The predicted molar refractivity (Wildman–Crippen MR) is 128 cm³/mol. The fraction of sp³-hybridized carbons (Fsp3) is 0.381. The zero-order valence-corrected chi connectivity index (χ0v) is 20.3. The lowest BCUT2D eigenvalue weighted by molar-refractivity contribution is -0.130. The third-order valence-electron chi connectivity index (χ3n) is 5.17. The van der Waals surface area contributed by atoms with Crippen LogP contribution >= 0.6 is 46.3 Å². The third-order valence-corrected chi connectivity index (χ3v) is 7.58. The number of thioether (sulfide) groups is 1. The van der Waals surface area contributed by atoms with Crippen LogP contribution in [0.1, 0.15) is 11.8 Å². The van der Waals surface area contributed by atoms with Crippen molar-refractivity contribution >= 4 is 52.2 Å². The summed E-state index contributed by atoms with van der Waals surface area (Å²) in [6, 6.07) is 11.6. The molecule has 0 radical (unpaired) electrons. The molecule has 0 N–H and O–H groups in total. The first-order valence-corrected chi connectivity index (χ1v) is 12.7. The quantitative estimate of drug-likeness (QED) is 0.441. The first-order valence-electron chi connectivity index (χ1n) is 10.1. The molecule has 0 saturated carbocycles. The Labute approximate surface area is 200 Å². The summed E-state index contributed by atoms with van der Waals surface area (Å²) in [6.45, 7) is 6.88. The third kappa shape index (κ3) is 5.62. The highest BCUT2D eigenvalue weighted by molar-refractivity contribution is 7.99. The van der Waals surface area contributed by atoms with E-state index in [9.17, 15) is 4.79 Å². The number of rotatable bonds is 7. The smallest absolute Gasteiger partial charge is 0.233 e. The highest BCUT2D eigenvalue weighted by Gasteiger charge is 2.22. The normalized spacial score (nSPS) is 14.9. The van der Waals surface area contributed by atoms with E-state index in [-0.39, 0.29) is 5.91 Å². The number of piperazine rings is 1. The van der Waals surface area contributed by atoms with Crippen LogP contribution in [0.3, 0.4) is 0 Å². The summed E-state index contributed by atoms with van der Waals surface area (Å²) in [4.78, 5) is 18.3. The second kappa shape index (κ2) is 10.4. The first kappa shape index (κ1) is 22.6. The van der Waals surface area contributed by atoms with Gasteiger partial charge in [0.15, 0.2) is 11.0 Å². The molecule has 2 aromatic heterocycles. The molecule has 1 fully saturated rings. The fourth-order valence-electron chi connectivity index (χ4n) is 3.55. The molecule has 6 nitrogen and oxygen atoms in total. The molecule has 164 valence electrons. The lowest BCUT2D eigenvalue weighted by Crippen LogP contribution is -2.48. The van der Waals surface area contributed by atoms with E-state index in [0.717, 1.165) is 60.1 Å². The van der Waals surface area contributed by atoms with Gasteiger partial charge in [0.1, 0.15) is 0 Å². The molecule has 0 aliphatic carbocycles. The van der Waals surface area contributed by atoms with Gasteiger partial charge < -0.3 is 9.47 Å². The van der Waals surface area contributed by atoms with Crippen molar-refractivity contribution in [2.75, 3.05) is 31.9 Å². The Kier molecular flexibility index (Phi) is 7.55. The highest BCUT2D eigenvalue weighted by atomic mass is 35.5. The average Bonchev–Trinajstić information content (AvgIpc) is 3.38. The SMILES string of the molecule is CCn1c(SCC(=O)N2CCN(Cc3ccc(Cl)s3)CC2)nnc1-c1cccc(Cl)c1. The van der Waals surface area contributed by atoms with Crippen LogP contribution in [0.25, 0.3) is 11.4 Å². The number of hydrogen-bond donors (Lipinski definition) is 0. The Balaban J connectivity index is 1.31. The predicted octanol–water partition coefficient (Wildman–Crippen LogP) is 4.77. The van der Waals surface area contributed by atoms with Gasteiger partial charge in [-0.2, -0.15) is 0 Å². The summed E-state index contributed by atoms with van der Waals surface area (Å²) in [5.74, 6) is 1.26. The Morgan fingerprint density at radius 3 is 2.61 bits per heavy atom. The van der Waals surface area contributed by atoms with Crippen LogP contribution in [-0.4, -0.2) is 62.4 Å². The Morgan fingerprint density at radius 1 is 1.13 bits per heavy atom. The molecule has 4 rings (SSSR count). The number of thiophene rings is 1. The molecule has 1 aliphatic heterocycles. The molecular formula is C21H23Cl2N5OS2. The Morgan fingerprint density at radius 2 is 1.94 bits per heavy atom. The first-order chi connectivity index (χ1) is 15.0. The van der Waals surface area contributed by atoms with Crippen LogP contribution in [0.5, 0.6) is 0 Å². The van der Waals surface area contributed by atoms with Gasteiger partial charge in [0.05, 0.1) is 10.1 Å². The zero-order chi connectivity index (χ0) is 21.8. The van der Waals surface area contributed by atoms with Crippen molar-refractivity contribution < 1.29 is 4.79 Å². The van der Waals surface area contributed by atoms with E-state index in [2.05, 4.69) is 21.2 Å². The summed E-state index contributed by atoms with van der Waals surface area (Å²) >= 11 is 15.2. The molecule has 31 heavy (non-hydrogen) atoms. The standard InChI is InChI=1S/C21H23Cl2N5OS2/c1-2-28-20(15-4-3-5-16(22)12-15)24-25-21(28)30-14-19(29)27-10-8-26(9-11-27)13-17-6-7-18(23)31-17/h3-7,12H,2,8-11,13-14H2,1H3. The maximum atomic E-state index is 12.8. The van der Waals surface area contributed by atoms with Crippen molar-refractivity contribution in [3.05, 3.63) is 50.6 Å². The number of carbonyl (C=O) groups excluding carboxylic acids is 1. The summed E-state index contributed by atoms with van der Waals surface area (Å²) in [6.07, 6.45) is 0. The van der Waals surface area contributed by atoms with Crippen LogP contribution in [0.15, 0.2) is 41.6 Å². The van der Waals surface area contributed by atoms with Crippen LogP contribution < -0.4 is 0 Å². The van der Waals surface area contributed by atoms with Crippen molar-refractivity contribution in [1.82, 2.24) is 24.6 Å². The van der Waals surface area contributed by atoms with Gasteiger partial charge in [-0.1, -0.05) is 47.1 Å². The maximum Gasteiger partial charge on any atom is 0.233 e. The minimum Gasteiger partial charge on any atom is -0.339 e. The maximum absolute atomic E-state index is 12.8. The second-order valence-electron chi connectivity index (χ2n) is 7.21. The molecule has 0 spiro atoms. The molecular weight excluding hydrogens is 473 g/mol. The molecule has 3 aromatic rings. The van der Waals surface area contributed by atoms with Crippen LogP contribution in [0, 0.1) is 0 Å². The lowest BCUT2D eigenvalue weighted by Gasteiger charge is -2.34. The topological polar surface area (TPSA) is 54.3 Å². The summed E-state index contributed by atoms with van der Waals surface area (Å²) in [7, 11) is 0. The van der Waals surface area contributed by atoms with Gasteiger partial charge in [-0.05, 0) is 31.2 Å². The Bertz CT molecular complexity index is 1050. The van der Waals surface area contributed by atoms with E-state index in [1.165, 1.54) is 16.6 Å². The second-order valence-corrected chi connectivity index (χ2v) is 10.4. The van der Waals surface area contributed by atoms with Crippen LogP contribution in [0.2, 0.25) is 9.36 Å². The zero-order valence-electron chi connectivity index (χ0n) is 17.1. The number of nitrogens with zero attached hydrogens (tertiary/aromatic N) is 5. The summed E-state index contributed by atoms with van der Waals surface area (Å²) in [5, 5.41) is 10.1. The van der Waals surface area contributed by atoms with E-state index in [4.69, 9.17) is 23.2 Å². The van der Waals surface area contributed by atoms with Crippen molar-refractivity contribution in [3.8, 4) is 11.4 Å². The number of amides is 1. The largest absolute Gasteiger partial charge is 0.339 e. The van der Waals surface area contributed by atoms with Crippen molar-refractivity contribution in [2.24, 2.45) is 0 Å². The Hall–Kier alpha value is -1.58. The molecule has 0 atom stereocenters. The number of halogens is 2. The van der Waals surface area contributed by atoms with E-state index < -0.39 is 0 Å². The van der Waals surface area contributed by atoms with Gasteiger partial charge in [-0.3, -0.25) is 9.69 Å². The van der Waals surface area contributed by atoms with Gasteiger partial charge in [0.2, 0.25) is 5.91 Å². The molecule has 1 amide bonds. The summed E-state index contributed by atoms with van der Waals surface area (Å²) < 4.78 is 2.84. The average molecular weight is 496 g/mol. The van der Waals surface area contributed by atoms with E-state index in [0.29, 0.717) is 10.8 Å². The highest BCUT2D eigenvalue weighted by Crippen LogP contribution is 2.26. The number of benzene rings is 1. The monoisotopic (exact) mass is 495 g/mol. The molecule has 10 heteroatoms. The van der Waals surface area contributed by atoms with E-state index in [1.807, 2.05) is 46.7 Å². The molecule has 1 aliphatic rings.